The Hall–Kier alpha value is -1.95. The van der Waals surface area contributed by atoms with Crippen molar-refractivity contribution in [2.45, 2.75) is 13.5 Å². The van der Waals surface area contributed by atoms with Crippen LogP contribution in [0.15, 0.2) is 18.3 Å². The van der Waals surface area contributed by atoms with Gasteiger partial charge in [0.15, 0.2) is 0 Å². The summed E-state index contributed by atoms with van der Waals surface area (Å²) in [7, 11) is 2.94. The summed E-state index contributed by atoms with van der Waals surface area (Å²) in [6, 6.07) is 3.43. The number of carbonyl (C=O) groups is 2. The van der Waals surface area contributed by atoms with Crippen LogP contribution in [0.3, 0.4) is 0 Å². The fraction of sp³-hybridized carbons (Fsp3) is 0.462. The number of hydrogen-bond donors (Lipinski definition) is 1. The van der Waals surface area contributed by atoms with Gasteiger partial charge in [0, 0.05) is 19.8 Å². The van der Waals surface area contributed by atoms with Gasteiger partial charge in [0.05, 0.1) is 24.9 Å². The van der Waals surface area contributed by atoms with Gasteiger partial charge < -0.3 is 10.1 Å². The third kappa shape index (κ3) is 4.67. The number of nitrogens with one attached hydrogen (secondary N) is 1. The van der Waals surface area contributed by atoms with E-state index >= 15 is 0 Å². The molecule has 0 spiro atoms. The summed E-state index contributed by atoms with van der Waals surface area (Å²) >= 11 is 0. The van der Waals surface area contributed by atoms with Crippen molar-refractivity contribution >= 4 is 11.9 Å². The van der Waals surface area contributed by atoms with E-state index in [0.717, 1.165) is 12.2 Å². The van der Waals surface area contributed by atoms with Gasteiger partial charge in [-0.1, -0.05) is 6.92 Å². The second-order valence-corrected chi connectivity index (χ2v) is 4.01. The summed E-state index contributed by atoms with van der Waals surface area (Å²) in [5.41, 5.74) is 1.22. The zero-order valence-corrected chi connectivity index (χ0v) is 11.5. The lowest BCUT2D eigenvalue weighted by atomic mass is 10.2. The van der Waals surface area contributed by atoms with Gasteiger partial charge in [-0.3, -0.25) is 14.7 Å². The standard InChI is InChI=1S/C13H19N3O3/c1-4-16(9-12(17)14-2)8-11-6-5-10(7-15-11)13(18)19-3/h5-7H,4,8-9H2,1-3H3,(H,14,17). The Balaban J connectivity index is 2.65. The summed E-state index contributed by atoms with van der Waals surface area (Å²) in [4.78, 5) is 28.7. The Morgan fingerprint density at radius 3 is 2.63 bits per heavy atom. The van der Waals surface area contributed by atoms with E-state index in [1.165, 1.54) is 13.3 Å². The van der Waals surface area contributed by atoms with Crippen molar-refractivity contribution in [2.75, 3.05) is 27.2 Å². The first-order valence-corrected chi connectivity index (χ1v) is 6.06. The van der Waals surface area contributed by atoms with Gasteiger partial charge in [-0.2, -0.15) is 0 Å². The molecule has 0 saturated carbocycles. The largest absolute Gasteiger partial charge is 0.465 e. The van der Waals surface area contributed by atoms with Crippen LogP contribution in [-0.4, -0.2) is 49.0 Å². The third-order valence-corrected chi connectivity index (χ3v) is 2.72. The quantitative estimate of drug-likeness (QED) is 0.755. The Kier molecular flexibility index (Phi) is 5.95. The zero-order valence-electron chi connectivity index (χ0n) is 11.5. The summed E-state index contributed by atoms with van der Waals surface area (Å²) in [6.45, 7) is 3.61. The Labute approximate surface area is 112 Å². The van der Waals surface area contributed by atoms with E-state index in [-0.39, 0.29) is 5.91 Å². The highest BCUT2D eigenvalue weighted by Crippen LogP contribution is 2.05. The first-order chi connectivity index (χ1) is 9.10. The average molecular weight is 265 g/mol. The summed E-state index contributed by atoms with van der Waals surface area (Å²) < 4.78 is 4.60. The zero-order chi connectivity index (χ0) is 14.3. The molecule has 0 aliphatic rings. The molecule has 0 atom stereocenters. The van der Waals surface area contributed by atoms with Gasteiger partial charge in [0.1, 0.15) is 0 Å². The van der Waals surface area contributed by atoms with E-state index in [1.807, 2.05) is 11.8 Å². The van der Waals surface area contributed by atoms with Crippen molar-refractivity contribution in [1.82, 2.24) is 15.2 Å². The number of pyridine rings is 1. The molecule has 0 saturated heterocycles. The first kappa shape index (κ1) is 15.1. The Morgan fingerprint density at radius 1 is 1.42 bits per heavy atom. The number of methoxy groups -OCH3 is 1. The summed E-state index contributed by atoms with van der Waals surface area (Å²) in [5.74, 6) is -0.440. The number of likely N-dealkylation sites (N-methyl/N-ethyl adjacent to an activating group) is 2. The third-order valence-electron chi connectivity index (χ3n) is 2.72. The van der Waals surface area contributed by atoms with Crippen LogP contribution < -0.4 is 5.32 Å². The van der Waals surface area contributed by atoms with Crippen molar-refractivity contribution in [3.05, 3.63) is 29.6 Å². The monoisotopic (exact) mass is 265 g/mol. The Morgan fingerprint density at radius 2 is 2.16 bits per heavy atom. The molecule has 0 radical (unpaired) electrons. The molecule has 1 N–H and O–H groups in total. The van der Waals surface area contributed by atoms with E-state index in [1.54, 1.807) is 19.2 Å². The maximum atomic E-state index is 11.3. The smallest absolute Gasteiger partial charge is 0.339 e. The molecule has 1 heterocycles. The van der Waals surface area contributed by atoms with Crippen LogP contribution in [0.5, 0.6) is 0 Å². The topological polar surface area (TPSA) is 71.5 Å². The van der Waals surface area contributed by atoms with Gasteiger partial charge in [-0.25, -0.2) is 4.79 Å². The van der Waals surface area contributed by atoms with Crippen LogP contribution in [0.2, 0.25) is 0 Å². The normalized spacial score (nSPS) is 10.3. The predicted octanol–water partition coefficient (Wildman–Crippen LogP) is 0.436. The lowest BCUT2D eigenvalue weighted by Gasteiger charge is -2.18. The molecule has 1 aromatic rings. The fourth-order valence-corrected chi connectivity index (χ4v) is 1.55. The minimum Gasteiger partial charge on any atom is -0.465 e. The van der Waals surface area contributed by atoms with Crippen LogP contribution in [0.1, 0.15) is 23.0 Å². The van der Waals surface area contributed by atoms with Gasteiger partial charge in [-0.05, 0) is 18.7 Å². The second-order valence-electron chi connectivity index (χ2n) is 4.01. The molecule has 1 aromatic heterocycles. The number of nitrogens with zero attached hydrogens (tertiary/aromatic N) is 2. The number of amides is 1. The molecule has 1 rings (SSSR count). The number of rotatable bonds is 6. The Bertz CT molecular complexity index is 431. The van der Waals surface area contributed by atoms with Crippen molar-refractivity contribution in [3.63, 3.8) is 0 Å². The summed E-state index contributed by atoms with van der Waals surface area (Å²) in [6.07, 6.45) is 1.48. The van der Waals surface area contributed by atoms with Gasteiger partial charge in [0.25, 0.3) is 0 Å². The molecule has 0 aliphatic carbocycles. The van der Waals surface area contributed by atoms with Gasteiger partial charge >= 0.3 is 5.97 Å². The van der Waals surface area contributed by atoms with Crippen LogP contribution in [0, 0.1) is 0 Å². The molecule has 0 fully saturated rings. The van der Waals surface area contributed by atoms with E-state index in [0.29, 0.717) is 18.7 Å². The molecule has 6 heteroatoms. The average Bonchev–Trinajstić information content (AvgIpc) is 2.46. The van der Waals surface area contributed by atoms with Crippen molar-refractivity contribution in [1.29, 1.82) is 0 Å². The van der Waals surface area contributed by atoms with Crippen molar-refractivity contribution in [3.8, 4) is 0 Å². The highest BCUT2D eigenvalue weighted by molar-refractivity contribution is 5.88. The molecule has 104 valence electrons. The molecule has 6 nitrogen and oxygen atoms in total. The molecule has 0 unspecified atom stereocenters. The van der Waals surface area contributed by atoms with Crippen LogP contribution in [0.25, 0.3) is 0 Å². The number of ether oxygens (including phenoxy) is 1. The lowest BCUT2D eigenvalue weighted by molar-refractivity contribution is -0.121. The minimum absolute atomic E-state index is 0.0342. The van der Waals surface area contributed by atoms with E-state index in [4.69, 9.17) is 0 Å². The van der Waals surface area contributed by atoms with E-state index < -0.39 is 5.97 Å². The molecule has 19 heavy (non-hydrogen) atoms. The molecular formula is C13H19N3O3. The molecule has 0 aliphatic heterocycles. The van der Waals surface area contributed by atoms with Crippen molar-refractivity contribution in [2.24, 2.45) is 0 Å². The second kappa shape index (κ2) is 7.48. The maximum Gasteiger partial charge on any atom is 0.339 e. The van der Waals surface area contributed by atoms with Crippen LogP contribution >= 0.6 is 0 Å². The van der Waals surface area contributed by atoms with E-state index in [2.05, 4.69) is 15.0 Å². The lowest BCUT2D eigenvalue weighted by Crippen LogP contribution is -2.35. The van der Waals surface area contributed by atoms with Crippen molar-refractivity contribution < 1.29 is 14.3 Å². The highest BCUT2D eigenvalue weighted by Gasteiger charge is 2.10. The molecule has 0 aromatic carbocycles. The summed E-state index contributed by atoms with van der Waals surface area (Å²) in [5, 5.41) is 2.58. The highest BCUT2D eigenvalue weighted by atomic mass is 16.5. The molecule has 0 bridgehead atoms. The van der Waals surface area contributed by atoms with Gasteiger partial charge in [-0.15, -0.1) is 0 Å². The maximum absolute atomic E-state index is 11.3. The minimum atomic E-state index is -0.406. The van der Waals surface area contributed by atoms with Crippen LogP contribution in [0.4, 0.5) is 0 Å². The van der Waals surface area contributed by atoms with Crippen LogP contribution in [-0.2, 0) is 16.1 Å². The number of carbonyl (C=O) groups excluding carboxylic acids is 2. The SMILES string of the molecule is CCN(CC(=O)NC)Cc1ccc(C(=O)OC)cn1. The fourth-order valence-electron chi connectivity index (χ4n) is 1.55. The number of esters is 1. The first-order valence-electron chi connectivity index (χ1n) is 6.06. The number of hydrogen-bond acceptors (Lipinski definition) is 5. The predicted molar refractivity (Wildman–Crippen MR) is 70.6 cm³/mol. The number of aromatic nitrogens is 1. The molecule has 1 amide bonds. The molecular weight excluding hydrogens is 246 g/mol. The van der Waals surface area contributed by atoms with E-state index in [9.17, 15) is 9.59 Å². The van der Waals surface area contributed by atoms with Gasteiger partial charge in [0.2, 0.25) is 5.91 Å².